The number of rotatable bonds is 7. The number of amides is 1. The second-order valence-electron chi connectivity index (χ2n) is 6.13. The zero-order valence-electron chi connectivity index (χ0n) is 14.9. The monoisotopic (exact) mass is 398 g/mol. The Morgan fingerprint density at radius 3 is 2.29 bits per heavy atom. The summed E-state index contributed by atoms with van der Waals surface area (Å²) in [5.41, 5.74) is 1.59. The lowest BCUT2D eigenvalue weighted by Gasteiger charge is -2.09. The Morgan fingerprint density at radius 2 is 1.61 bits per heavy atom. The molecule has 28 heavy (non-hydrogen) atoms. The van der Waals surface area contributed by atoms with Gasteiger partial charge in [0.1, 0.15) is 5.82 Å². The highest BCUT2D eigenvalue weighted by molar-refractivity contribution is 7.92. The molecule has 1 amide bonds. The van der Waals surface area contributed by atoms with E-state index in [9.17, 15) is 17.6 Å². The summed E-state index contributed by atoms with van der Waals surface area (Å²) in [4.78, 5) is 12.3. The summed E-state index contributed by atoms with van der Waals surface area (Å²) in [6, 6.07) is 20.4. The molecule has 0 bridgehead atoms. The second kappa shape index (κ2) is 8.67. The van der Waals surface area contributed by atoms with Crippen LogP contribution >= 0.6 is 0 Å². The number of nitrogens with one attached hydrogen (secondary N) is 2. The molecule has 0 aromatic heterocycles. The third-order valence-electron chi connectivity index (χ3n) is 4.04. The standard InChI is InChI=1S/C21H19FN2O3S/c22-18-6-4-5-16(15-18)13-14-23-21(25)17-9-11-20(12-10-17)28(26,27)24-19-7-2-1-3-8-19/h1-12,15,24H,13-14H2,(H,23,25). The Balaban J connectivity index is 1.59. The lowest BCUT2D eigenvalue weighted by molar-refractivity contribution is 0.0954. The van der Waals surface area contributed by atoms with Crippen molar-refractivity contribution < 1.29 is 17.6 Å². The van der Waals surface area contributed by atoms with Crippen molar-refractivity contribution in [3.8, 4) is 0 Å². The van der Waals surface area contributed by atoms with E-state index in [1.165, 1.54) is 36.4 Å². The number of halogens is 1. The topological polar surface area (TPSA) is 75.3 Å². The van der Waals surface area contributed by atoms with Gasteiger partial charge in [0.05, 0.1) is 4.90 Å². The molecule has 0 saturated heterocycles. The average molecular weight is 398 g/mol. The maximum atomic E-state index is 13.1. The van der Waals surface area contributed by atoms with Gasteiger partial charge in [-0.2, -0.15) is 0 Å². The number of hydrogen-bond donors (Lipinski definition) is 2. The molecule has 5 nitrogen and oxygen atoms in total. The summed E-state index contributed by atoms with van der Waals surface area (Å²) in [6.45, 7) is 0.345. The van der Waals surface area contributed by atoms with E-state index in [0.717, 1.165) is 5.56 Å². The normalized spacial score (nSPS) is 11.0. The van der Waals surface area contributed by atoms with Crippen molar-refractivity contribution in [2.75, 3.05) is 11.3 Å². The number of carbonyl (C=O) groups is 1. The molecule has 0 spiro atoms. The number of benzene rings is 3. The Kier molecular flexibility index (Phi) is 6.06. The van der Waals surface area contributed by atoms with Crippen molar-refractivity contribution in [1.29, 1.82) is 0 Å². The maximum absolute atomic E-state index is 13.1. The molecule has 0 fully saturated rings. The highest BCUT2D eigenvalue weighted by Crippen LogP contribution is 2.16. The van der Waals surface area contributed by atoms with Gasteiger partial charge >= 0.3 is 0 Å². The minimum absolute atomic E-state index is 0.0627. The van der Waals surface area contributed by atoms with Crippen molar-refractivity contribution in [1.82, 2.24) is 5.32 Å². The van der Waals surface area contributed by atoms with Gasteiger partial charge in [-0.1, -0.05) is 30.3 Å². The van der Waals surface area contributed by atoms with E-state index >= 15 is 0 Å². The zero-order valence-corrected chi connectivity index (χ0v) is 15.7. The summed E-state index contributed by atoms with van der Waals surface area (Å²) < 4.78 is 40.4. The molecular formula is C21H19FN2O3S. The third kappa shape index (κ3) is 5.17. The lowest BCUT2D eigenvalue weighted by atomic mass is 10.1. The fraction of sp³-hybridized carbons (Fsp3) is 0.0952. The van der Waals surface area contributed by atoms with Crippen molar-refractivity contribution in [2.24, 2.45) is 0 Å². The Morgan fingerprint density at radius 1 is 0.893 bits per heavy atom. The van der Waals surface area contributed by atoms with Gasteiger partial charge in [-0.3, -0.25) is 9.52 Å². The van der Waals surface area contributed by atoms with Gasteiger partial charge in [0.15, 0.2) is 0 Å². The molecule has 3 aromatic carbocycles. The first-order valence-corrected chi connectivity index (χ1v) is 10.1. The summed E-state index contributed by atoms with van der Waals surface area (Å²) in [6.07, 6.45) is 0.497. The lowest BCUT2D eigenvalue weighted by Crippen LogP contribution is -2.25. The van der Waals surface area contributed by atoms with Gasteiger partial charge in [0, 0.05) is 17.8 Å². The quantitative estimate of drug-likeness (QED) is 0.639. The van der Waals surface area contributed by atoms with Gasteiger partial charge < -0.3 is 5.32 Å². The summed E-state index contributed by atoms with van der Waals surface area (Å²) in [5.74, 6) is -0.638. The Bertz CT molecular complexity index is 1050. The largest absolute Gasteiger partial charge is 0.352 e. The molecule has 0 aliphatic carbocycles. The average Bonchev–Trinajstić information content (AvgIpc) is 2.68. The van der Waals surface area contributed by atoms with Gasteiger partial charge in [-0.15, -0.1) is 0 Å². The Labute approximate surface area is 163 Å². The molecule has 0 radical (unpaired) electrons. The van der Waals surface area contributed by atoms with Crippen LogP contribution in [-0.2, 0) is 16.4 Å². The molecule has 2 N–H and O–H groups in total. The molecule has 0 unspecified atom stereocenters. The van der Waals surface area contributed by atoms with Crippen LogP contribution in [0.5, 0.6) is 0 Å². The van der Waals surface area contributed by atoms with Gasteiger partial charge in [-0.25, -0.2) is 12.8 Å². The van der Waals surface area contributed by atoms with E-state index < -0.39 is 10.0 Å². The van der Waals surface area contributed by atoms with Crippen molar-refractivity contribution in [3.05, 3.63) is 95.8 Å². The molecular weight excluding hydrogens is 379 g/mol. The van der Waals surface area contributed by atoms with Crippen LogP contribution in [0.4, 0.5) is 10.1 Å². The van der Waals surface area contributed by atoms with Crippen LogP contribution in [0.2, 0.25) is 0 Å². The number of anilines is 1. The fourth-order valence-corrected chi connectivity index (χ4v) is 3.68. The first kappa shape index (κ1) is 19.6. The summed E-state index contributed by atoms with van der Waals surface area (Å²) in [5, 5.41) is 2.74. The molecule has 0 aliphatic rings. The van der Waals surface area contributed by atoms with Crippen LogP contribution in [-0.4, -0.2) is 20.9 Å². The SMILES string of the molecule is O=C(NCCc1cccc(F)c1)c1ccc(S(=O)(=O)Nc2ccccc2)cc1. The molecule has 3 rings (SSSR count). The van der Waals surface area contributed by atoms with Crippen molar-refractivity contribution in [3.63, 3.8) is 0 Å². The smallest absolute Gasteiger partial charge is 0.261 e. The molecule has 0 heterocycles. The van der Waals surface area contributed by atoms with E-state index in [1.54, 1.807) is 42.5 Å². The van der Waals surface area contributed by atoms with Crippen molar-refractivity contribution >= 4 is 21.6 Å². The summed E-state index contributed by atoms with van der Waals surface area (Å²) in [7, 11) is -3.73. The first-order valence-electron chi connectivity index (χ1n) is 8.65. The minimum Gasteiger partial charge on any atom is -0.352 e. The molecule has 144 valence electrons. The molecule has 0 aliphatic heterocycles. The number of sulfonamides is 1. The Hall–Kier alpha value is -3.19. The first-order chi connectivity index (χ1) is 13.4. The van der Waals surface area contributed by atoms with Crippen LogP contribution < -0.4 is 10.0 Å². The van der Waals surface area contributed by atoms with Crippen molar-refractivity contribution in [2.45, 2.75) is 11.3 Å². The number of hydrogen-bond acceptors (Lipinski definition) is 3. The molecule has 0 saturated carbocycles. The van der Waals surface area contributed by atoms with Gasteiger partial charge in [0.25, 0.3) is 15.9 Å². The van der Waals surface area contributed by atoms with Crippen LogP contribution in [0.1, 0.15) is 15.9 Å². The van der Waals surface area contributed by atoms with Gasteiger partial charge in [0.2, 0.25) is 0 Å². The maximum Gasteiger partial charge on any atom is 0.261 e. The molecule has 7 heteroatoms. The van der Waals surface area contributed by atoms with E-state index in [4.69, 9.17) is 0 Å². The third-order valence-corrected chi connectivity index (χ3v) is 5.44. The van der Waals surface area contributed by atoms with E-state index in [2.05, 4.69) is 10.0 Å². The van der Waals surface area contributed by atoms with Crippen LogP contribution in [0, 0.1) is 5.82 Å². The van der Waals surface area contributed by atoms with Crippen LogP contribution in [0.3, 0.4) is 0 Å². The van der Waals surface area contributed by atoms with Crippen LogP contribution in [0.15, 0.2) is 83.8 Å². The fourth-order valence-electron chi connectivity index (χ4n) is 2.62. The number of para-hydroxylation sites is 1. The zero-order chi connectivity index (χ0) is 20.0. The predicted octanol–water partition coefficient (Wildman–Crippen LogP) is 3.60. The van der Waals surface area contributed by atoms with E-state index in [1.807, 2.05) is 0 Å². The van der Waals surface area contributed by atoms with Crippen LogP contribution in [0.25, 0.3) is 0 Å². The summed E-state index contributed by atoms with van der Waals surface area (Å²) >= 11 is 0. The minimum atomic E-state index is -3.73. The molecule has 0 atom stereocenters. The number of carbonyl (C=O) groups excluding carboxylic acids is 1. The second-order valence-corrected chi connectivity index (χ2v) is 7.81. The van der Waals surface area contributed by atoms with E-state index in [0.29, 0.717) is 24.2 Å². The molecule has 3 aromatic rings. The van der Waals surface area contributed by atoms with Gasteiger partial charge in [-0.05, 0) is 60.5 Å². The highest BCUT2D eigenvalue weighted by Gasteiger charge is 2.15. The predicted molar refractivity (Wildman–Crippen MR) is 106 cm³/mol. The highest BCUT2D eigenvalue weighted by atomic mass is 32.2. The van der Waals surface area contributed by atoms with E-state index in [-0.39, 0.29) is 16.6 Å².